The number of aliphatic carboxylic acids is 1. The Kier molecular flexibility index (Phi) is 16.9. The van der Waals surface area contributed by atoms with Gasteiger partial charge in [-0.2, -0.15) is 0 Å². The number of alkyl carbamates (subject to hydrolysis) is 1. The number of halogens is 1. The Balaban J connectivity index is 2.31. The monoisotopic (exact) mass is 753 g/mol. The molecule has 2 rings (SSSR count). The number of guanidine groups is 1. The topological polar surface area (TPSA) is 290 Å². The average molecular weight is 754 g/mol. The summed E-state index contributed by atoms with van der Waals surface area (Å²) in [4.78, 5) is 75.5. The van der Waals surface area contributed by atoms with E-state index in [0.29, 0.717) is 5.69 Å². The maximum absolute atomic E-state index is 13.8. The summed E-state index contributed by atoms with van der Waals surface area (Å²) in [5.41, 5.74) is 12.0. The number of carbonyl (C=O) groups excluding carboxylic acids is 4. The summed E-state index contributed by atoms with van der Waals surface area (Å²) in [5.74, 6) is -4.44. The van der Waals surface area contributed by atoms with Crippen molar-refractivity contribution in [2.45, 2.75) is 70.3 Å². The van der Waals surface area contributed by atoms with Crippen LogP contribution in [0.25, 0.3) is 0 Å². The smallest absolute Gasteiger partial charge is 0.408 e. The number of benzene rings is 1. The van der Waals surface area contributed by atoms with E-state index >= 15 is 0 Å². The number of carboxylic acids is 1. The molecule has 18 nitrogen and oxygen atoms in total. The van der Waals surface area contributed by atoms with E-state index in [1.807, 2.05) is 6.07 Å². The summed E-state index contributed by atoms with van der Waals surface area (Å²) >= 11 is 5.84. The highest BCUT2D eigenvalue weighted by atomic mass is 35.5. The maximum atomic E-state index is 13.8. The number of imidazole rings is 1. The zero-order valence-corrected chi connectivity index (χ0v) is 29.9. The lowest BCUT2D eigenvalue weighted by Crippen LogP contribution is -2.58. The minimum Gasteiger partial charge on any atom is -0.481 e. The Morgan fingerprint density at radius 3 is 2.24 bits per heavy atom. The quantitative estimate of drug-likeness (QED) is 0.0504. The zero-order valence-electron chi connectivity index (χ0n) is 28.3. The van der Waals surface area contributed by atoms with Crippen molar-refractivity contribution in [3.05, 3.63) is 64.6 Å². The Bertz CT molecular complexity index is 1650. The van der Waals surface area contributed by atoms with Crippen LogP contribution in [0.5, 0.6) is 0 Å². The van der Waals surface area contributed by atoms with E-state index in [2.05, 4.69) is 36.2 Å². The maximum Gasteiger partial charge on any atom is 0.408 e. The number of carboxylic acid groups (broad SMARTS) is 1. The van der Waals surface area contributed by atoms with Crippen molar-refractivity contribution in [2.75, 3.05) is 12.8 Å². The van der Waals surface area contributed by atoms with Gasteiger partial charge in [-0.1, -0.05) is 55.8 Å². The molecule has 2 aromatic rings. The van der Waals surface area contributed by atoms with Gasteiger partial charge in [-0.25, -0.2) is 18.2 Å². The molecule has 1 aromatic heterocycles. The zero-order chi connectivity index (χ0) is 38.1. The lowest BCUT2D eigenvalue weighted by Gasteiger charge is -2.27. The Morgan fingerprint density at radius 2 is 1.67 bits per heavy atom. The number of aromatic nitrogens is 2. The fraction of sp³-hybridized carbons (Fsp3) is 0.452. The molecule has 0 radical (unpaired) electrons. The van der Waals surface area contributed by atoms with Gasteiger partial charge in [0, 0.05) is 31.1 Å². The van der Waals surface area contributed by atoms with Crippen LogP contribution in [0, 0.1) is 5.92 Å². The molecule has 20 heteroatoms. The van der Waals surface area contributed by atoms with E-state index in [0.717, 1.165) is 17.9 Å². The largest absolute Gasteiger partial charge is 0.481 e. The first-order chi connectivity index (χ1) is 24.0. The molecule has 0 unspecified atom stereocenters. The average Bonchev–Trinajstić information content (AvgIpc) is 3.56. The summed E-state index contributed by atoms with van der Waals surface area (Å²) in [7, 11) is -3.93. The normalized spacial score (nSPS) is 13.9. The number of aromatic amines is 1. The van der Waals surface area contributed by atoms with Gasteiger partial charge in [-0.15, -0.1) is 0 Å². The summed E-state index contributed by atoms with van der Waals surface area (Å²) in [5, 5.41) is 19.5. The van der Waals surface area contributed by atoms with Crippen molar-refractivity contribution in [3.63, 3.8) is 0 Å². The number of nitrogens with one attached hydrogen (secondary N) is 5. The van der Waals surface area contributed by atoms with Gasteiger partial charge in [0.25, 0.3) is 0 Å². The highest BCUT2D eigenvalue weighted by Gasteiger charge is 2.32. The molecular formula is C31H44ClN9O9S. The minimum atomic E-state index is -3.93. The molecule has 0 spiro atoms. The molecule has 0 saturated heterocycles. The fourth-order valence-electron chi connectivity index (χ4n) is 4.46. The molecule has 280 valence electrons. The second-order valence-electron chi connectivity index (χ2n) is 11.7. The molecule has 51 heavy (non-hydrogen) atoms. The number of hydrogen-bond acceptors (Lipinski definition) is 10. The molecule has 4 amide bonds. The second-order valence-corrected chi connectivity index (χ2v) is 14.4. The molecular weight excluding hydrogens is 710 g/mol. The van der Waals surface area contributed by atoms with E-state index in [9.17, 15) is 37.5 Å². The van der Waals surface area contributed by atoms with Crippen molar-refractivity contribution < 1.29 is 42.2 Å². The minimum absolute atomic E-state index is 0.00956. The number of nitrogens with two attached hydrogens (primary N) is 2. The van der Waals surface area contributed by atoms with Gasteiger partial charge in [0.1, 0.15) is 29.1 Å². The molecule has 1 aromatic carbocycles. The summed E-state index contributed by atoms with van der Waals surface area (Å²) in [6.45, 7) is 3.41. The third-order valence-electron chi connectivity index (χ3n) is 7.03. The summed E-state index contributed by atoms with van der Waals surface area (Å²) in [6, 6.07) is 3.72. The highest BCUT2D eigenvalue weighted by molar-refractivity contribution is 7.96. The number of aliphatic imine (C=N–C) groups is 1. The molecule has 0 aliphatic carbocycles. The van der Waals surface area contributed by atoms with E-state index in [-0.39, 0.29) is 38.4 Å². The third-order valence-corrected chi connectivity index (χ3v) is 8.85. The van der Waals surface area contributed by atoms with Crippen LogP contribution in [-0.4, -0.2) is 96.2 Å². The molecule has 0 fully saturated rings. The Labute approximate surface area is 300 Å². The lowest BCUT2D eigenvalue weighted by molar-refractivity contribution is -0.137. The van der Waals surface area contributed by atoms with Gasteiger partial charge >= 0.3 is 12.1 Å². The number of nitrogens with zero attached hydrogens (tertiary/aromatic N) is 2. The van der Waals surface area contributed by atoms with Crippen LogP contribution in [0.3, 0.4) is 0 Å². The van der Waals surface area contributed by atoms with Crippen molar-refractivity contribution in [1.82, 2.24) is 31.2 Å². The van der Waals surface area contributed by atoms with E-state index in [4.69, 9.17) is 27.8 Å². The first-order valence-electron chi connectivity index (χ1n) is 15.7. The molecule has 0 saturated carbocycles. The Hall–Kier alpha value is -5.17. The van der Waals surface area contributed by atoms with Crippen LogP contribution in [-0.2, 0) is 46.8 Å². The summed E-state index contributed by atoms with van der Waals surface area (Å²) < 4.78 is 28.3. The number of hydrogen-bond donors (Lipinski definition) is 8. The van der Waals surface area contributed by atoms with E-state index in [1.165, 1.54) is 12.5 Å². The van der Waals surface area contributed by atoms with E-state index < -0.39 is 80.5 Å². The number of H-pyrrole nitrogens is 1. The van der Waals surface area contributed by atoms with Crippen LogP contribution in [0.1, 0.15) is 44.4 Å². The van der Waals surface area contributed by atoms with Crippen LogP contribution in [0.2, 0.25) is 0 Å². The molecule has 1 heterocycles. The van der Waals surface area contributed by atoms with Crippen LogP contribution in [0.4, 0.5) is 4.79 Å². The fourth-order valence-corrected chi connectivity index (χ4v) is 5.03. The van der Waals surface area contributed by atoms with Gasteiger partial charge in [-0.05, 0) is 30.4 Å². The molecule has 0 bridgehead atoms. The van der Waals surface area contributed by atoms with E-state index in [1.54, 1.807) is 38.1 Å². The number of ether oxygens (including phenoxy) is 1. The van der Waals surface area contributed by atoms with Crippen molar-refractivity contribution >= 4 is 57.2 Å². The van der Waals surface area contributed by atoms with Crippen LogP contribution < -0.4 is 32.7 Å². The SMILES string of the molecule is CC(C)[C@H](NC(=O)OCc1ccccc1)C(=O)N[C@@H](CCCN=C(N)N)C(=O)N[C@@H](Cc1cnc[nH]1)C(=O)N[C@H](/C=C(\Cl)S(C)(=O)=O)CC(=O)O. The van der Waals surface area contributed by atoms with Gasteiger partial charge in [0.15, 0.2) is 15.8 Å². The lowest BCUT2D eigenvalue weighted by atomic mass is 10.0. The van der Waals surface area contributed by atoms with Crippen LogP contribution in [0.15, 0.2) is 58.3 Å². The second kappa shape index (κ2) is 20.5. The summed E-state index contributed by atoms with van der Waals surface area (Å²) in [6.07, 6.45) is 2.85. The molecule has 0 aliphatic heterocycles. The Morgan fingerprint density at radius 1 is 1.02 bits per heavy atom. The van der Waals surface area contributed by atoms with Crippen molar-refractivity contribution in [3.8, 4) is 0 Å². The van der Waals surface area contributed by atoms with Gasteiger partial charge in [-0.3, -0.25) is 24.2 Å². The van der Waals surface area contributed by atoms with Crippen molar-refractivity contribution in [1.29, 1.82) is 0 Å². The molecule has 10 N–H and O–H groups in total. The standard InChI is InChI=1S/C31H44ClN9O9S/c1-18(2)26(41-31(47)50-16-19-8-5-4-6-9-19)29(46)39-22(10-7-11-36-30(33)34)27(44)40-23(12-21-15-35-17-37-21)28(45)38-20(14-25(42)43)13-24(32)51(3,48)49/h4-6,8-9,13,15,17-18,20,22-23,26H,7,10-12,14,16H2,1-3H3,(H,35,37)(H,38,45)(H,39,46)(H,40,44)(H,41,47)(H,42,43)(H4,33,34,36)/b24-13+/t20-,22+,23+,26+/m1/s1. The number of sulfone groups is 1. The first-order valence-corrected chi connectivity index (χ1v) is 17.9. The predicted octanol–water partition coefficient (Wildman–Crippen LogP) is 0.0107. The number of rotatable bonds is 20. The number of carbonyl (C=O) groups is 5. The molecule has 0 aliphatic rings. The van der Waals surface area contributed by atoms with Crippen LogP contribution >= 0.6 is 11.6 Å². The predicted molar refractivity (Wildman–Crippen MR) is 187 cm³/mol. The van der Waals surface area contributed by atoms with Gasteiger partial charge < -0.3 is 47.6 Å². The highest BCUT2D eigenvalue weighted by Crippen LogP contribution is 2.13. The number of amides is 4. The van der Waals surface area contributed by atoms with Crippen molar-refractivity contribution in [2.24, 2.45) is 22.4 Å². The van der Waals surface area contributed by atoms with Gasteiger partial charge in [0.05, 0.1) is 18.8 Å². The first kappa shape index (κ1) is 42.0. The van der Waals surface area contributed by atoms with Gasteiger partial charge in [0.2, 0.25) is 17.7 Å². The molecule has 4 atom stereocenters. The third kappa shape index (κ3) is 15.9.